The van der Waals surface area contributed by atoms with Gasteiger partial charge in [-0.25, -0.2) is 0 Å². The summed E-state index contributed by atoms with van der Waals surface area (Å²) >= 11 is 6.92. The molecule has 31 heavy (non-hydrogen) atoms. The Labute approximate surface area is 186 Å². The summed E-state index contributed by atoms with van der Waals surface area (Å²) in [5, 5.41) is 10.4. The first-order valence-corrected chi connectivity index (χ1v) is 10.8. The van der Waals surface area contributed by atoms with Crippen LogP contribution in [0.15, 0.2) is 53.7 Å². The molecule has 0 radical (unpaired) electrons. The minimum absolute atomic E-state index is 0.0627. The highest BCUT2D eigenvalue weighted by Gasteiger charge is 2.36. The number of aryl methyl sites for hydroxylation is 1. The Balaban J connectivity index is 1.67. The largest absolute Gasteiger partial charge is 0.418 e. The molecule has 0 bridgehead atoms. The van der Waals surface area contributed by atoms with Gasteiger partial charge in [-0.3, -0.25) is 4.79 Å². The molecule has 1 aromatic heterocycles. The van der Waals surface area contributed by atoms with Gasteiger partial charge in [0.15, 0.2) is 5.16 Å². The predicted molar refractivity (Wildman–Crippen MR) is 113 cm³/mol. The van der Waals surface area contributed by atoms with Crippen molar-refractivity contribution in [2.75, 3.05) is 5.32 Å². The molecule has 1 aliphatic carbocycles. The molecule has 1 fully saturated rings. The zero-order valence-electron chi connectivity index (χ0n) is 16.4. The lowest BCUT2D eigenvalue weighted by Gasteiger charge is -2.19. The van der Waals surface area contributed by atoms with Crippen molar-refractivity contribution in [1.29, 1.82) is 0 Å². The molecule has 0 spiro atoms. The number of benzene rings is 2. The van der Waals surface area contributed by atoms with E-state index in [4.69, 9.17) is 11.6 Å². The van der Waals surface area contributed by atoms with Crippen molar-refractivity contribution in [2.24, 2.45) is 0 Å². The number of aromatic nitrogens is 3. The monoisotopic (exact) mass is 466 g/mol. The van der Waals surface area contributed by atoms with Crippen LogP contribution in [0.5, 0.6) is 0 Å². The van der Waals surface area contributed by atoms with E-state index in [2.05, 4.69) is 15.5 Å². The molecule has 10 heteroatoms. The highest BCUT2D eigenvalue weighted by Crippen LogP contribution is 2.43. The summed E-state index contributed by atoms with van der Waals surface area (Å²) in [4.78, 5) is 13.2. The number of carbonyl (C=O) groups is 1. The molecule has 0 unspecified atom stereocenters. The molecule has 2 aromatic carbocycles. The summed E-state index contributed by atoms with van der Waals surface area (Å²) in [6.45, 7) is 1.84. The van der Waals surface area contributed by atoms with E-state index in [-0.39, 0.29) is 10.7 Å². The van der Waals surface area contributed by atoms with Crippen molar-refractivity contribution in [3.05, 3.63) is 70.5 Å². The Morgan fingerprint density at radius 2 is 1.90 bits per heavy atom. The van der Waals surface area contributed by atoms with E-state index in [1.165, 1.54) is 17.8 Å². The number of anilines is 1. The molecule has 1 amide bonds. The summed E-state index contributed by atoms with van der Waals surface area (Å²) < 4.78 is 42.4. The molecule has 162 valence electrons. The van der Waals surface area contributed by atoms with Gasteiger partial charge in [-0.2, -0.15) is 13.2 Å². The Bertz CT molecular complexity index is 1100. The molecule has 1 atom stereocenters. The number of hydrogen-bond donors (Lipinski definition) is 1. The van der Waals surface area contributed by atoms with Crippen molar-refractivity contribution < 1.29 is 18.0 Å². The zero-order chi connectivity index (χ0) is 22.2. The molecule has 5 nitrogen and oxygen atoms in total. The van der Waals surface area contributed by atoms with E-state index in [9.17, 15) is 18.0 Å². The van der Waals surface area contributed by atoms with Crippen LogP contribution < -0.4 is 5.32 Å². The molecule has 1 N–H and O–H groups in total. The average molecular weight is 467 g/mol. The van der Waals surface area contributed by atoms with Crippen LogP contribution in [-0.4, -0.2) is 20.7 Å². The molecule has 0 aliphatic heterocycles. The molecular weight excluding hydrogens is 449 g/mol. The van der Waals surface area contributed by atoms with Crippen LogP contribution in [0.2, 0.25) is 5.02 Å². The topological polar surface area (TPSA) is 59.8 Å². The quantitative estimate of drug-likeness (QED) is 0.448. The van der Waals surface area contributed by atoms with Crippen molar-refractivity contribution in [1.82, 2.24) is 14.8 Å². The molecule has 3 aromatic rings. The van der Waals surface area contributed by atoms with E-state index in [0.29, 0.717) is 16.8 Å². The first-order valence-electron chi connectivity index (χ1n) is 9.55. The van der Waals surface area contributed by atoms with Gasteiger partial charge >= 0.3 is 6.18 Å². The second-order valence-corrected chi connectivity index (χ2v) is 8.73. The molecule has 4 rings (SSSR count). The SMILES string of the molecule is Cc1nnc(S[C@H](C(=O)Nc2ccc(Cl)cc2C(F)(F)F)c2ccccc2)n1C1CC1. The fourth-order valence-corrected chi connectivity index (χ4v) is 4.57. The number of alkyl halides is 3. The summed E-state index contributed by atoms with van der Waals surface area (Å²) in [7, 11) is 0. The Morgan fingerprint density at radius 1 is 1.19 bits per heavy atom. The minimum Gasteiger partial charge on any atom is -0.324 e. The van der Waals surface area contributed by atoms with E-state index in [1.807, 2.05) is 11.5 Å². The third kappa shape index (κ3) is 4.88. The van der Waals surface area contributed by atoms with E-state index in [1.54, 1.807) is 30.3 Å². The van der Waals surface area contributed by atoms with Gasteiger partial charge in [-0.1, -0.05) is 53.7 Å². The summed E-state index contributed by atoms with van der Waals surface area (Å²) in [5.41, 5.74) is -0.694. The minimum atomic E-state index is -4.66. The van der Waals surface area contributed by atoms with E-state index >= 15 is 0 Å². The fourth-order valence-electron chi connectivity index (χ4n) is 3.25. The predicted octanol–water partition coefficient (Wildman–Crippen LogP) is 6.07. The smallest absolute Gasteiger partial charge is 0.324 e. The van der Waals surface area contributed by atoms with Gasteiger partial charge in [-0.05, 0) is 43.5 Å². The lowest BCUT2D eigenvalue weighted by molar-refractivity contribution is -0.137. The van der Waals surface area contributed by atoms with Crippen molar-refractivity contribution in [3.8, 4) is 0 Å². The lowest BCUT2D eigenvalue weighted by Crippen LogP contribution is -2.22. The van der Waals surface area contributed by atoms with Crippen LogP contribution in [-0.2, 0) is 11.0 Å². The number of halogens is 4. The van der Waals surface area contributed by atoms with E-state index in [0.717, 1.165) is 30.8 Å². The van der Waals surface area contributed by atoms with Crippen molar-refractivity contribution in [2.45, 2.75) is 42.4 Å². The van der Waals surface area contributed by atoms with Gasteiger partial charge in [0.25, 0.3) is 0 Å². The standard InChI is InChI=1S/C21H18ClF3N4OS/c1-12-27-28-20(29(12)15-8-9-15)31-18(13-5-3-2-4-6-13)19(30)26-17-10-7-14(22)11-16(17)21(23,24)25/h2-7,10-11,15,18H,8-9H2,1H3,(H,26,30)/t18-/m0/s1. The molecule has 1 saturated carbocycles. The number of rotatable bonds is 6. The third-order valence-corrected chi connectivity index (χ3v) is 6.30. The molecule has 1 heterocycles. The zero-order valence-corrected chi connectivity index (χ0v) is 17.9. The van der Waals surface area contributed by atoms with Crippen LogP contribution in [0, 0.1) is 6.92 Å². The molecular formula is C21H18ClF3N4OS. The van der Waals surface area contributed by atoms with Crippen molar-refractivity contribution in [3.63, 3.8) is 0 Å². The van der Waals surface area contributed by atoms with Gasteiger partial charge in [-0.15, -0.1) is 10.2 Å². The number of nitrogens with zero attached hydrogens (tertiary/aromatic N) is 3. The van der Waals surface area contributed by atoms with Crippen LogP contribution in [0.25, 0.3) is 0 Å². The molecule has 0 saturated heterocycles. The first-order chi connectivity index (χ1) is 14.7. The highest BCUT2D eigenvalue weighted by molar-refractivity contribution is 8.00. The summed E-state index contributed by atoms with van der Waals surface area (Å²) in [6.07, 6.45) is -2.64. The Morgan fingerprint density at radius 3 is 2.55 bits per heavy atom. The fraction of sp³-hybridized carbons (Fsp3) is 0.286. The third-order valence-electron chi connectivity index (χ3n) is 4.86. The number of hydrogen-bond acceptors (Lipinski definition) is 4. The Hall–Kier alpha value is -2.52. The van der Waals surface area contributed by atoms with Gasteiger partial charge in [0.1, 0.15) is 11.1 Å². The van der Waals surface area contributed by atoms with Crippen LogP contribution in [0.4, 0.5) is 18.9 Å². The maximum Gasteiger partial charge on any atom is 0.418 e. The van der Waals surface area contributed by atoms with Crippen LogP contribution in [0.3, 0.4) is 0 Å². The van der Waals surface area contributed by atoms with Crippen LogP contribution >= 0.6 is 23.4 Å². The second-order valence-electron chi connectivity index (χ2n) is 7.22. The number of nitrogens with one attached hydrogen (secondary N) is 1. The number of carbonyl (C=O) groups excluding carboxylic acids is 1. The van der Waals surface area contributed by atoms with Gasteiger partial charge < -0.3 is 9.88 Å². The van der Waals surface area contributed by atoms with Gasteiger partial charge in [0.05, 0.1) is 11.3 Å². The second kappa shape index (κ2) is 8.55. The number of amides is 1. The maximum atomic E-state index is 13.5. The van der Waals surface area contributed by atoms with Crippen LogP contribution in [0.1, 0.15) is 41.1 Å². The van der Waals surface area contributed by atoms with E-state index < -0.39 is 22.9 Å². The maximum absolute atomic E-state index is 13.5. The lowest BCUT2D eigenvalue weighted by atomic mass is 10.1. The first kappa shape index (κ1) is 21.7. The van der Waals surface area contributed by atoms with Gasteiger partial charge in [0.2, 0.25) is 5.91 Å². The Kier molecular flexibility index (Phi) is 5.98. The molecule has 1 aliphatic rings. The van der Waals surface area contributed by atoms with Crippen molar-refractivity contribution >= 4 is 35.0 Å². The normalized spacial score (nSPS) is 15.0. The highest BCUT2D eigenvalue weighted by atomic mass is 35.5. The summed E-state index contributed by atoms with van der Waals surface area (Å²) in [6, 6.07) is 12.4. The van der Waals surface area contributed by atoms with Gasteiger partial charge in [0, 0.05) is 11.1 Å². The summed E-state index contributed by atoms with van der Waals surface area (Å²) in [5.74, 6) is 0.154. The number of thioether (sulfide) groups is 1. The average Bonchev–Trinajstić information content (AvgIpc) is 3.49.